The zero-order valence-electron chi connectivity index (χ0n) is 11.3. The van der Waals surface area contributed by atoms with E-state index < -0.39 is 5.97 Å². The number of aryl methyl sites for hydroxylation is 1. The maximum atomic E-state index is 11.9. The molecule has 0 aromatic heterocycles. The lowest BCUT2D eigenvalue weighted by molar-refractivity contribution is -0.129. The fourth-order valence-electron chi connectivity index (χ4n) is 1.95. The van der Waals surface area contributed by atoms with Gasteiger partial charge in [-0.3, -0.25) is 0 Å². The summed E-state index contributed by atoms with van der Waals surface area (Å²) >= 11 is 2.24. The Morgan fingerprint density at radius 1 is 1.05 bits per heavy atom. The highest BCUT2D eigenvalue weighted by atomic mass is 127. The summed E-state index contributed by atoms with van der Waals surface area (Å²) in [6, 6.07) is 15.6. The van der Waals surface area contributed by atoms with Crippen molar-refractivity contribution in [1.82, 2.24) is 0 Å². The van der Waals surface area contributed by atoms with Crippen molar-refractivity contribution in [2.75, 3.05) is 0 Å². The Morgan fingerprint density at radius 2 is 1.71 bits per heavy atom. The Morgan fingerprint density at radius 3 is 2.38 bits per heavy atom. The first kappa shape index (κ1) is 14.0. The largest absolute Gasteiger partial charge is 0.402 e. The van der Waals surface area contributed by atoms with E-state index in [0.29, 0.717) is 11.6 Å². The molecule has 0 unspecified atom stereocenters. The lowest BCUT2D eigenvalue weighted by atomic mass is 10.1. The van der Waals surface area contributed by atoms with Crippen LogP contribution in [0.15, 0.2) is 59.2 Å². The molecule has 2 aromatic rings. The Balaban J connectivity index is 1.91. The molecule has 2 aromatic carbocycles. The van der Waals surface area contributed by atoms with E-state index in [-0.39, 0.29) is 0 Å². The van der Waals surface area contributed by atoms with Crippen LogP contribution in [0.1, 0.15) is 16.7 Å². The average Bonchev–Trinajstić information content (AvgIpc) is 2.83. The van der Waals surface area contributed by atoms with E-state index in [0.717, 1.165) is 20.3 Å². The normalized spacial score (nSPS) is 16.0. The summed E-state index contributed by atoms with van der Waals surface area (Å²) in [5, 5.41) is 0. The summed E-state index contributed by atoms with van der Waals surface area (Å²) in [4.78, 5) is 16.2. The second kappa shape index (κ2) is 5.81. The molecule has 0 amide bonds. The summed E-state index contributed by atoms with van der Waals surface area (Å²) in [6.07, 6.45) is 1.74. The van der Waals surface area contributed by atoms with Crippen molar-refractivity contribution in [2.45, 2.75) is 6.92 Å². The number of ether oxygens (including phenoxy) is 1. The molecule has 4 heteroatoms. The van der Waals surface area contributed by atoms with Crippen LogP contribution in [0.3, 0.4) is 0 Å². The molecule has 0 radical (unpaired) electrons. The first-order valence-electron chi connectivity index (χ1n) is 6.47. The molecule has 0 fully saturated rings. The topological polar surface area (TPSA) is 38.7 Å². The van der Waals surface area contributed by atoms with E-state index in [1.165, 1.54) is 0 Å². The maximum absolute atomic E-state index is 11.9. The van der Waals surface area contributed by atoms with Crippen LogP contribution in [-0.4, -0.2) is 11.9 Å². The van der Waals surface area contributed by atoms with Crippen LogP contribution in [0.4, 0.5) is 0 Å². The number of aliphatic imine (C=N–C) groups is 1. The molecule has 0 spiro atoms. The number of rotatable bonds is 2. The van der Waals surface area contributed by atoms with Gasteiger partial charge in [0.05, 0.1) is 0 Å². The number of benzene rings is 2. The first-order chi connectivity index (χ1) is 10.1. The zero-order chi connectivity index (χ0) is 14.8. The summed E-state index contributed by atoms with van der Waals surface area (Å²) in [6.45, 7) is 2.01. The van der Waals surface area contributed by atoms with Crippen molar-refractivity contribution in [3.63, 3.8) is 0 Å². The van der Waals surface area contributed by atoms with E-state index in [2.05, 4.69) is 27.6 Å². The molecule has 0 saturated carbocycles. The highest BCUT2D eigenvalue weighted by Crippen LogP contribution is 2.19. The van der Waals surface area contributed by atoms with Gasteiger partial charge in [0.25, 0.3) is 0 Å². The highest BCUT2D eigenvalue weighted by Gasteiger charge is 2.23. The van der Waals surface area contributed by atoms with Crippen molar-refractivity contribution in [1.29, 1.82) is 0 Å². The number of nitrogens with zero attached hydrogens (tertiary/aromatic N) is 1. The van der Waals surface area contributed by atoms with Gasteiger partial charge >= 0.3 is 5.97 Å². The number of cyclic esters (lactones) is 1. The molecule has 0 saturated heterocycles. The number of halogens is 1. The third-order valence-corrected chi connectivity index (χ3v) is 3.81. The fourth-order valence-corrected chi connectivity index (χ4v) is 2.31. The van der Waals surface area contributed by atoms with Crippen LogP contribution in [-0.2, 0) is 9.53 Å². The predicted octanol–water partition coefficient (Wildman–Crippen LogP) is 3.94. The van der Waals surface area contributed by atoms with Crippen molar-refractivity contribution < 1.29 is 9.53 Å². The number of hydrogen-bond donors (Lipinski definition) is 0. The van der Waals surface area contributed by atoms with Crippen molar-refractivity contribution in [2.24, 2.45) is 4.99 Å². The molecule has 1 aliphatic heterocycles. The maximum Gasteiger partial charge on any atom is 0.363 e. The monoisotopic (exact) mass is 389 g/mol. The number of esters is 1. The van der Waals surface area contributed by atoms with Gasteiger partial charge in [-0.15, -0.1) is 0 Å². The molecule has 3 rings (SSSR count). The van der Waals surface area contributed by atoms with E-state index in [4.69, 9.17) is 4.74 Å². The van der Waals surface area contributed by atoms with Crippen LogP contribution in [0.5, 0.6) is 0 Å². The molecule has 21 heavy (non-hydrogen) atoms. The minimum Gasteiger partial charge on any atom is -0.402 e. The van der Waals surface area contributed by atoms with Crippen LogP contribution in [0, 0.1) is 10.5 Å². The minimum atomic E-state index is -0.413. The molecular formula is C17H12INO2. The Labute approximate surface area is 136 Å². The number of carbonyl (C=O) groups excluding carboxylic acids is 1. The predicted molar refractivity (Wildman–Crippen MR) is 90.9 cm³/mol. The van der Waals surface area contributed by atoms with E-state index in [1.807, 2.05) is 55.5 Å². The van der Waals surface area contributed by atoms with Gasteiger partial charge in [0.15, 0.2) is 5.70 Å². The van der Waals surface area contributed by atoms with Gasteiger partial charge in [-0.25, -0.2) is 9.79 Å². The molecule has 1 aliphatic rings. The molecule has 0 aliphatic carbocycles. The summed E-state index contributed by atoms with van der Waals surface area (Å²) in [5.74, 6) is -0.0547. The molecule has 3 nitrogen and oxygen atoms in total. The Kier molecular flexibility index (Phi) is 3.88. The fraction of sp³-hybridized carbons (Fsp3) is 0.0588. The van der Waals surface area contributed by atoms with Crippen LogP contribution >= 0.6 is 22.6 Å². The molecule has 0 bridgehead atoms. The molecule has 1 heterocycles. The smallest absolute Gasteiger partial charge is 0.363 e. The summed E-state index contributed by atoms with van der Waals surface area (Å²) < 4.78 is 6.38. The zero-order valence-corrected chi connectivity index (χ0v) is 13.5. The van der Waals surface area contributed by atoms with Gasteiger partial charge in [0, 0.05) is 9.13 Å². The van der Waals surface area contributed by atoms with Gasteiger partial charge in [-0.2, -0.15) is 0 Å². The third-order valence-electron chi connectivity index (χ3n) is 3.09. The van der Waals surface area contributed by atoms with E-state index in [1.54, 1.807) is 6.08 Å². The van der Waals surface area contributed by atoms with Gasteiger partial charge in [0.2, 0.25) is 5.90 Å². The molecule has 0 N–H and O–H groups in total. The molecule has 0 atom stereocenters. The minimum absolute atomic E-state index is 0.326. The summed E-state index contributed by atoms with van der Waals surface area (Å²) in [5.41, 5.74) is 3.21. The van der Waals surface area contributed by atoms with Gasteiger partial charge < -0.3 is 4.74 Å². The number of hydrogen-bond acceptors (Lipinski definition) is 3. The standard InChI is InChI=1S/C17H12INO2/c1-11-2-6-13(7-3-11)16-19-15(17(20)21-16)10-12-4-8-14(18)9-5-12/h2-10H,1H3/b15-10-. The molecular weight excluding hydrogens is 377 g/mol. The lowest BCUT2D eigenvalue weighted by Crippen LogP contribution is -2.05. The van der Waals surface area contributed by atoms with Crippen molar-refractivity contribution in [3.05, 3.63) is 74.5 Å². The second-order valence-electron chi connectivity index (χ2n) is 4.75. The van der Waals surface area contributed by atoms with Gasteiger partial charge in [0.1, 0.15) is 0 Å². The number of carbonyl (C=O) groups is 1. The lowest BCUT2D eigenvalue weighted by Gasteiger charge is -1.99. The summed E-state index contributed by atoms with van der Waals surface area (Å²) in [7, 11) is 0. The van der Waals surface area contributed by atoms with E-state index in [9.17, 15) is 4.79 Å². The Hall–Kier alpha value is -1.95. The average molecular weight is 389 g/mol. The van der Waals surface area contributed by atoms with Gasteiger partial charge in [-0.1, -0.05) is 29.8 Å². The first-order valence-corrected chi connectivity index (χ1v) is 7.55. The Bertz CT molecular complexity index is 743. The second-order valence-corrected chi connectivity index (χ2v) is 6.00. The quantitative estimate of drug-likeness (QED) is 0.443. The highest BCUT2D eigenvalue weighted by molar-refractivity contribution is 14.1. The van der Waals surface area contributed by atoms with Crippen LogP contribution < -0.4 is 0 Å². The van der Waals surface area contributed by atoms with Crippen molar-refractivity contribution >= 4 is 40.5 Å². The van der Waals surface area contributed by atoms with E-state index >= 15 is 0 Å². The third kappa shape index (κ3) is 3.21. The van der Waals surface area contributed by atoms with Crippen LogP contribution in [0.2, 0.25) is 0 Å². The SMILES string of the molecule is Cc1ccc(C2=N/C(=C\c3ccc(I)cc3)C(=O)O2)cc1. The van der Waals surface area contributed by atoms with Gasteiger partial charge in [-0.05, 0) is 65.4 Å². The van der Waals surface area contributed by atoms with Crippen molar-refractivity contribution in [3.8, 4) is 0 Å². The molecule has 104 valence electrons. The van der Waals surface area contributed by atoms with Crippen LogP contribution in [0.25, 0.3) is 6.08 Å².